The van der Waals surface area contributed by atoms with Gasteiger partial charge in [0.1, 0.15) is 6.54 Å². The van der Waals surface area contributed by atoms with E-state index in [9.17, 15) is 9.59 Å². The summed E-state index contributed by atoms with van der Waals surface area (Å²) in [6.45, 7) is 0.113. The predicted octanol–water partition coefficient (Wildman–Crippen LogP) is 4.27. The van der Waals surface area contributed by atoms with Gasteiger partial charge in [0.15, 0.2) is 5.43 Å². The Kier molecular flexibility index (Phi) is 3.72. The third kappa shape index (κ3) is 2.56. The zero-order valence-electron chi connectivity index (χ0n) is 15.0. The molecule has 0 atom stereocenters. The number of aromatic nitrogens is 2. The maximum atomic E-state index is 12.9. The lowest BCUT2D eigenvalue weighted by molar-refractivity contribution is -0.116. The van der Waals surface area contributed by atoms with Crippen LogP contribution in [0.25, 0.3) is 32.7 Å². The van der Waals surface area contributed by atoms with E-state index in [0.29, 0.717) is 10.8 Å². The first-order chi connectivity index (χ1) is 13.7. The highest BCUT2D eigenvalue weighted by atomic mass is 16.2. The average molecular weight is 367 g/mol. The lowest BCUT2D eigenvalue weighted by Gasteiger charge is -2.15. The molecular weight excluding hydrogens is 350 g/mol. The fourth-order valence-electron chi connectivity index (χ4n) is 3.77. The molecule has 3 aromatic carbocycles. The number of H-pyrrole nitrogens is 1. The van der Waals surface area contributed by atoms with E-state index >= 15 is 0 Å². The Morgan fingerprint density at radius 3 is 2.21 bits per heavy atom. The minimum atomic E-state index is -0.146. The van der Waals surface area contributed by atoms with Crippen LogP contribution in [0.1, 0.15) is 0 Å². The van der Waals surface area contributed by atoms with Crippen molar-refractivity contribution in [1.82, 2.24) is 9.55 Å². The lowest BCUT2D eigenvalue weighted by atomic mass is 10.1. The highest BCUT2D eigenvalue weighted by Gasteiger charge is 2.13. The summed E-state index contributed by atoms with van der Waals surface area (Å²) in [6, 6.07) is 22.5. The minimum Gasteiger partial charge on any atom is -0.361 e. The molecular formula is C23H17N3O2. The first kappa shape index (κ1) is 16.3. The Labute approximate surface area is 160 Å². The highest BCUT2D eigenvalue weighted by molar-refractivity contribution is 6.02. The number of hydrogen-bond donors (Lipinski definition) is 2. The summed E-state index contributed by atoms with van der Waals surface area (Å²) in [5.74, 6) is -0.146. The number of hydrogen-bond acceptors (Lipinski definition) is 2. The lowest BCUT2D eigenvalue weighted by Crippen LogP contribution is -2.21. The monoisotopic (exact) mass is 367 g/mol. The second kappa shape index (κ2) is 6.39. The topological polar surface area (TPSA) is 66.9 Å². The van der Waals surface area contributed by atoms with Gasteiger partial charge in [-0.3, -0.25) is 9.59 Å². The fourth-order valence-corrected chi connectivity index (χ4v) is 3.77. The second-order valence-electron chi connectivity index (χ2n) is 6.74. The Morgan fingerprint density at radius 2 is 1.50 bits per heavy atom. The van der Waals surface area contributed by atoms with Crippen LogP contribution in [-0.2, 0) is 11.3 Å². The van der Waals surface area contributed by atoms with Crippen molar-refractivity contribution in [2.24, 2.45) is 0 Å². The minimum absolute atomic E-state index is 0.0139. The zero-order valence-corrected chi connectivity index (χ0v) is 15.0. The SMILES string of the molecule is O=C(Cn1c2ccccc2c(=O)c2ccccc21)Nc1cccc2[nH]ccc12. The van der Waals surface area contributed by atoms with E-state index in [1.165, 1.54) is 0 Å². The average Bonchev–Trinajstić information content (AvgIpc) is 3.21. The van der Waals surface area contributed by atoms with Crippen LogP contribution < -0.4 is 10.7 Å². The van der Waals surface area contributed by atoms with Crippen molar-refractivity contribution in [3.8, 4) is 0 Å². The summed E-state index contributed by atoms with van der Waals surface area (Å²) in [5.41, 5.74) is 3.22. The van der Waals surface area contributed by atoms with Crippen LogP contribution in [0.15, 0.2) is 83.8 Å². The number of nitrogens with zero attached hydrogens (tertiary/aromatic N) is 1. The summed E-state index contributed by atoms with van der Waals surface area (Å²) < 4.78 is 1.90. The van der Waals surface area contributed by atoms with Gasteiger partial charge in [-0.1, -0.05) is 30.3 Å². The highest BCUT2D eigenvalue weighted by Crippen LogP contribution is 2.23. The molecule has 0 unspecified atom stereocenters. The van der Waals surface area contributed by atoms with Crippen molar-refractivity contribution in [3.05, 3.63) is 89.2 Å². The molecule has 0 aliphatic rings. The molecule has 0 spiro atoms. The van der Waals surface area contributed by atoms with Crippen LogP contribution >= 0.6 is 0 Å². The summed E-state index contributed by atoms with van der Waals surface area (Å²) in [7, 11) is 0. The van der Waals surface area contributed by atoms with Gasteiger partial charge in [0.2, 0.25) is 5.91 Å². The van der Waals surface area contributed by atoms with E-state index in [1.807, 2.05) is 71.4 Å². The molecule has 0 fully saturated rings. The summed E-state index contributed by atoms with van der Waals surface area (Å²) in [4.78, 5) is 28.9. The quantitative estimate of drug-likeness (QED) is 0.468. The molecule has 5 aromatic rings. The number of benzene rings is 3. The first-order valence-corrected chi connectivity index (χ1v) is 9.08. The van der Waals surface area contributed by atoms with Crippen molar-refractivity contribution in [2.75, 3.05) is 5.32 Å². The van der Waals surface area contributed by atoms with Gasteiger partial charge >= 0.3 is 0 Å². The zero-order chi connectivity index (χ0) is 19.1. The molecule has 5 rings (SSSR count). The number of pyridine rings is 1. The number of aromatic amines is 1. The summed E-state index contributed by atoms with van der Waals surface area (Å²) in [5, 5.41) is 5.19. The molecule has 2 N–H and O–H groups in total. The van der Waals surface area contributed by atoms with Crippen LogP contribution in [0, 0.1) is 0 Å². The van der Waals surface area contributed by atoms with Gasteiger partial charge in [0.25, 0.3) is 0 Å². The standard InChI is InChI=1S/C23H17N3O2/c27-22(25-19-9-5-8-18-15(19)12-13-24-18)14-26-20-10-3-1-6-16(20)23(28)17-7-2-4-11-21(17)26/h1-13,24H,14H2,(H,25,27). The molecule has 28 heavy (non-hydrogen) atoms. The van der Waals surface area contributed by atoms with Crippen LogP contribution in [-0.4, -0.2) is 15.5 Å². The summed E-state index contributed by atoms with van der Waals surface area (Å²) >= 11 is 0. The van der Waals surface area contributed by atoms with Crippen molar-refractivity contribution in [1.29, 1.82) is 0 Å². The molecule has 1 amide bonds. The molecule has 0 aliphatic carbocycles. The van der Waals surface area contributed by atoms with Crippen molar-refractivity contribution in [2.45, 2.75) is 6.54 Å². The van der Waals surface area contributed by atoms with Crippen LogP contribution in [0.3, 0.4) is 0 Å². The largest absolute Gasteiger partial charge is 0.361 e. The van der Waals surface area contributed by atoms with Gasteiger partial charge in [-0.25, -0.2) is 0 Å². The van der Waals surface area contributed by atoms with Gasteiger partial charge in [0, 0.05) is 27.9 Å². The van der Waals surface area contributed by atoms with E-state index in [-0.39, 0.29) is 17.9 Å². The Hall–Kier alpha value is -3.86. The number of carbonyl (C=O) groups is 1. The number of nitrogens with one attached hydrogen (secondary N) is 2. The molecule has 136 valence electrons. The third-order valence-electron chi connectivity index (χ3n) is 5.05. The van der Waals surface area contributed by atoms with E-state index in [2.05, 4.69) is 10.3 Å². The number of carbonyl (C=O) groups excluding carboxylic acids is 1. The predicted molar refractivity (Wildman–Crippen MR) is 113 cm³/mol. The fraction of sp³-hybridized carbons (Fsp3) is 0.0435. The molecule has 0 saturated heterocycles. The molecule has 5 heteroatoms. The van der Waals surface area contributed by atoms with E-state index in [4.69, 9.17) is 0 Å². The first-order valence-electron chi connectivity index (χ1n) is 9.08. The molecule has 2 heterocycles. The molecule has 2 aromatic heterocycles. The Bertz CT molecular complexity index is 1350. The normalized spacial score (nSPS) is 11.3. The molecule has 0 aliphatic heterocycles. The van der Waals surface area contributed by atoms with Gasteiger partial charge < -0.3 is 14.9 Å². The molecule has 0 saturated carbocycles. The maximum absolute atomic E-state index is 12.9. The molecule has 0 radical (unpaired) electrons. The van der Waals surface area contributed by atoms with Gasteiger partial charge in [-0.15, -0.1) is 0 Å². The van der Waals surface area contributed by atoms with E-state index < -0.39 is 0 Å². The number of para-hydroxylation sites is 2. The van der Waals surface area contributed by atoms with Gasteiger partial charge in [-0.05, 0) is 42.5 Å². The van der Waals surface area contributed by atoms with Crippen molar-refractivity contribution < 1.29 is 4.79 Å². The molecule has 0 bridgehead atoms. The van der Waals surface area contributed by atoms with Crippen LogP contribution in [0.4, 0.5) is 5.69 Å². The maximum Gasteiger partial charge on any atom is 0.244 e. The Balaban J connectivity index is 1.61. The number of rotatable bonds is 3. The van der Waals surface area contributed by atoms with Crippen LogP contribution in [0.5, 0.6) is 0 Å². The Morgan fingerprint density at radius 1 is 0.821 bits per heavy atom. The number of anilines is 1. The molecule has 5 nitrogen and oxygen atoms in total. The second-order valence-corrected chi connectivity index (χ2v) is 6.74. The van der Waals surface area contributed by atoms with Crippen molar-refractivity contribution >= 4 is 44.3 Å². The third-order valence-corrected chi connectivity index (χ3v) is 5.05. The number of amides is 1. The number of fused-ring (bicyclic) bond motifs is 3. The van der Waals surface area contributed by atoms with Crippen LogP contribution in [0.2, 0.25) is 0 Å². The van der Waals surface area contributed by atoms with Gasteiger partial charge in [-0.2, -0.15) is 0 Å². The van der Waals surface area contributed by atoms with E-state index in [0.717, 1.165) is 27.6 Å². The smallest absolute Gasteiger partial charge is 0.244 e. The summed E-state index contributed by atoms with van der Waals surface area (Å²) in [6.07, 6.45) is 1.85. The van der Waals surface area contributed by atoms with Gasteiger partial charge in [0.05, 0.1) is 16.7 Å². The van der Waals surface area contributed by atoms with Crippen molar-refractivity contribution in [3.63, 3.8) is 0 Å². The van der Waals surface area contributed by atoms with E-state index in [1.54, 1.807) is 12.1 Å².